The number of carbonyl (C=O) groups is 1. The molecule has 0 saturated heterocycles. The molecule has 1 aliphatic rings. The number of benzene rings is 2. The number of aryl methyl sites for hydroxylation is 1. The van der Waals surface area contributed by atoms with E-state index in [4.69, 9.17) is 0 Å². The standard InChI is InChI=1S/C15H11BrO2/c16-12-4-2-1-3-11(12)15(18)14-10-7-5-9(10)6-8-13(14)17/h1-4,6,8,17H,5,7H2. The van der Waals surface area contributed by atoms with Crippen molar-refractivity contribution in [2.45, 2.75) is 12.8 Å². The molecule has 3 heteroatoms. The Morgan fingerprint density at radius 3 is 2.56 bits per heavy atom. The molecule has 2 nitrogen and oxygen atoms in total. The van der Waals surface area contributed by atoms with Gasteiger partial charge in [0, 0.05) is 10.0 Å². The number of phenolic OH excluding ortho intramolecular Hbond substituents is 1. The molecule has 0 saturated carbocycles. The number of hydrogen-bond acceptors (Lipinski definition) is 2. The van der Waals surface area contributed by atoms with Gasteiger partial charge in [0.15, 0.2) is 5.78 Å². The molecule has 0 aliphatic heterocycles. The molecule has 3 rings (SSSR count). The summed E-state index contributed by atoms with van der Waals surface area (Å²) in [6.07, 6.45) is 1.86. The van der Waals surface area contributed by atoms with Crippen LogP contribution in [0.4, 0.5) is 0 Å². The minimum atomic E-state index is -0.114. The molecular weight excluding hydrogens is 292 g/mol. The largest absolute Gasteiger partial charge is 0.507 e. The monoisotopic (exact) mass is 302 g/mol. The number of phenols is 1. The summed E-state index contributed by atoms with van der Waals surface area (Å²) in [5.74, 6) is -0.0364. The van der Waals surface area contributed by atoms with Crippen molar-refractivity contribution < 1.29 is 9.90 Å². The fourth-order valence-electron chi connectivity index (χ4n) is 2.31. The number of aromatic hydroxyl groups is 1. The quantitative estimate of drug-likeness (QED) is 0.862. The third-order valence-electron chi connectivity index (χ3n) is 3.38. The van der Waals surface area contributed by atoms with Crippen LogP contribution in [0.5, 0.6) is 5.75 Å². The second-order valence-corrected chi connectivity index (χ2v) is 5.26. The summed E-state index contributed by atoms with van der Waals surface area (Å²) >= 11 is 3.38. The molecule has 0 fully saturated rings. The third kappa shape index (κ3) is 1.66. The highest BCUT2D eigenvalue weighted by molar-refractivity contribution is 9.10. The minimum Gasteiger partial charge on any atom is -0.507 e. The lowest BCUT2D eigenvalue weighted by atomic mass is 9.82. The first-order chi connectivity index (χ1) is 8.68. The maximum atomic E-state index is 12.5. The van der Waals surface area contributed by atoms with Gasteiger partial charge >= 0.3 is 0 Å². The van der Waals surface area contributed by atoms with Crippen LogP contribution in [0.3, 0.4) is 0 Å². The first-order valence-electron chi connectivity index (χ1n) is 5.81. The van der Waals surface area contributed by atoms with Gasteiger partial charge in [0.2, 0.25) is 0 Å². The highest BCUT2D eigenvalue weighted by atomic mass is 79.9. The SMILES string of the molecule is O=C(c1ccccc1Br)c1c(O)ccc2c1CC2. The molecule has 0 amide bonds. The highest BCUT2D eigenvalue weighted by Crippen LogP contribution is 2.35. The Hall–Kier alpha value is -1.61. The molecule has 18 heavy (non-hydrogen) atoms. The van der Waals surface area contributed by atoms with Crippen molar-refractivity contribution in [1.29, 1.82) is 0 Å². The van der Waals surface area contributed by atoms with Crippen LogP contribution in [0.1, 0.15) is 27.0 Å². The van der Waals surface area contributed by atoms with Gasteiger partial charge in [-0.2, -0.15) is 0 Å². The van der Waals surface area contributed by atoms with Gasteiger partial charge < -0.3 is 5.11 Å². The van der Waals surface area contributed by atoms with Crippen LogP contribution in [-0.2, 0) is 12.8 Å². The third-order valence-corrected chi connectivity index (χ3v) is 4.07. The Bertz CT molecular complexity index is 647. The summed E-state index contributed by atoms with van der Waals surface area (Å²) in [6, 6.07) is 10.8. The Morgan fingerprint density at radius 2 is 1.89 bits per heavy atom. The molecule has 0 radical (unpaired) electrons. The first kappa shape index (κ1) is 11.5. The van der Waals surface area contributed by atoms with Crippen molar-refractivity contribution in [3.63, 3.8) is 0 Å². The van der Waals surface area contributed by atoms with E-state index >= 15 is 0 Å². The van der Waals surface area contributed by atoms with Gasteiger partial charge in [-0.05, 0) is 42.2 Å². The Labute approximate surface area is 113 Å². The highest BCUT2D eigenvalue weighted by Gasteiger charge is 2.25. The van der Waals surface area contributed by atoms with Crippen LogP contribution in [0, 0.1) is 0 Å². The van der Waals surface area contributed by atoms with E-state index in [1.165, 1.54) is 5.56 Å². The number of halogens is 1. The summed E-state index contributed by atoms with van der Waals surface area (Å²) in [4.78, 5) is 12.5. The van der Waals surface area contributed by atoms with Gasteiger partial charge in [-0.15, -0.1) is 0 Å². The molecular formula is C15H11BrO2. The molecule has 2 aromatic carbocycles. The normalized spacial score (nSPS) is 12.7. The maximum Gasteiger partial charge on any atom is 0.198 e. The van der Waals surface area contributed by atoms with E-state index in [0.717, 1.165) is 22.9 Å². The van der Waals surface area contributed by atoms with E-state index < -0.39 is 0 Å². The summed E-state index contributed by atoms with van der Waals surface area (Å²) in [5.41, 5.74) is 3.22. The van der Waals surface area contributed by atoms with Crippen LogP contribution in [0.2, 0.25) is 0 Å². The number of carbonyl (C=O) groups excluding carboxylic acids is 1. The lowest BCUT2D eigenvalue weighted by Gasteiger charge is -2.22. The number of fused-ring (bicyclic) bond motifs is 1. The Morgan fingerprint density at radius 1 is 1.11 bits per heavy atom. The van der Waals surface area contributed by atoms with Crippen LogP contribution in [-0.4, -0.2) is 10.9 Å². The maximum absolute atomic E-state index is 12.5. The molecule has 0 aromatic heterocycles. The fraction of sp³-hybridized carbons (Fsp3) is 0.133. The van der Waals surface area contributed by atoms with Crippen molar-refractivity contribution in [3.05, 3.63) is 63.1 Å². The van der Waals surface area contributed by atoms with E-state index in [0.29, 0.717) is 11.1 Å². The van der Waals surface area contributed by atoms with Crippen molar-refractivity contribution >= 4 is 21.7 Å². The molecule has 0 spiro atoms. The van der Waals surface area contributed by atoms with Crippen molar-refractivity contribution in [2.24, 2.45) is 0 Å². The Balaban J connectivity index is 2.14. The summed E-state index contributed by atoms with van der Waals surface area (Å²) in [7, 11) is 0. The predicted molar refractivity (Wildman–Crippen MR) is 73.1 cm³/mol. The zero-order chi connectivity index (χ0) is 12.7. The molecule has 0 atom stereocenters. The van der Waals surface area contributed by atoms with Crippen LogP contribution in [0.15, 0.2) is 40.9 Å². The minimum absolute atomic E-state index is 0.0780. The van der Waals surface area contributed by atoms with E-state index in [2.05, 4.69) is 15.9 Å². The van der Waals surface area contributed by atoms with Gasteiger partial charge in [-0.1, -0.05) is 34.1 Å². The molecule has 1 N–H and O–H groups in total. The van der Waals surface area contributed by atoms with E-state index in [9.17, 15) is 9.90 Å². The topological polar surface area (TPSA) is 37.3 Å². The van der Waals surface area contributed by atoms with Crippen LogP contribution < -0.4 is 0 Å². The number of ketones is 1. The molecule has 90 valence electrons. The van der Waals surface area contributed by atoms with Crippen molar-refractivity contribution in [1.82, 2.24) is 0 Å². The average Bonchev–Trinajstić information content (AvgIpc) is 2.33. The Kier molecular flexibility index (Phi) is 2.71. The lowest BCUT2D eigenvalue weighted by molar-refractivity contribution is 0.103. The first-order valence-corrected chi connectivity index (χ1v) is 6.60. The molecule has 0 unspecified atom stereocenters. The van der Waals surface area contributed by atoms with Crippen molar-refractivity contribution in [3.8, 4) is 5.75 Å². The van der Waals surface area contributed by atoms with Gasteiger partial charge in [0.1, 0.15) is 5.75 Å². The average molecular weight is 303 g/mol. The second-order valence-electron chi connectivity index (χ2n) is 4.41. The molecule has 0 heterocycles. The van der Waals surface area contributed by atoms with Gasteiger partial charge in [-0.25, -0.2) is 0 Å². The lowest BCUT2D eigenvalue weighted by Crippen LogP contribution is -2.16. The zero-order valence-electron chi connectivity index (χ0n) is 9.61. The van der Waals surface area contributed by atoms with Gasteiger partial charge in [-0.3, -0.25) is 4.79 Å². The molecule has 2 aromatic rings. The summed E-state index contributed by atoms with van der Waals surface area (Å²) in [5, 5.41) is 9.94. The summed E-state index contributed by atoms with van der Waals surface area (Å²) in [6.45, 7) is 0. The van der Waals surface area contributed by atoms with Gasteiger partial charge in [0.05, 0.1) is 5.56 Å². The molecule has 1 aliphatic carbocycles. The van der Waals surface area contributed by atoms with E-state index in [-0.39, 0.29) is 11.5 Å². The van der Waals surface area contributed by atoms with Crippen molar-refractivity contribution in [2.75, 3.05) is 0 Å². The van der Waals surface area contributed by atoms with Crippen LogP contribution >= 0.6 is 15.9 Å². The van der Waals surface area contributed by atoms with Gasteiger partial charge in [0.25, 0.3) is 0 Å². The fourth-order valence-corrected chi connectivity index (χ4v) is 2.78. The predicted octanol–water partition coefficient (Wildman–Crippen LogP) is 3.48. The van der Waals surface area contributed by atoms with E-state index in [1.807, 2.05) is 24.3 Å². The van der Waals surface area contributed by atoms with E-state index in [1.54, 1.807) is 12.1 Å². The molecule has 0 bridgehead atoms. The van der Waals surface area contributed by atoms with Crippen LogP contribution in [0.25, 0.3) is 0 Å². The second kappa shape index (κ2) is 4.25. The zero-order valence-corrected chi connectivity index (χ0v) is 11.2. The smallest absolute Gasteiger partial charge is 0.198 e. The number of hydrogen-bond donors (Lipinski definition) is 1. The number of rotatable bonds is 2. The summed E-state index contributed by atoms with van der Waals surface area (Å²) < 4.78 is 0.756.